The summed E-state index contributed by atoms with van der Waals surface area (Å²) in [5.74, 6) is 0.107. The number of hydrogen-bond acceptors (Lipinski definition) is 7. The average Bonchev–Trinajstić information content (AvgIpc) is 2.63. The monoisotopic (exact) mass is 344 g/mol. The lowest BCUT2D eigenvalue weighted by Crippen LogP contribution is -2.05. The van der Waals surface area contributed by atoms with Gasteiger partial charge in [0.05, 0.1) is 21.3 Å². The predicted molar refractivity (Wildman–Crippen MR) is 90.9 cm³/mol. The molecular weight excluding hydrogens is 328 g/mol. The first-order valence-corrected chi connectivity index (χ1v) is 7.29. The molecule has 0 bridgehead atoms. The molecule has 25 heavy (non-hydrogen) atoms. The summed E-state index contributed by atoms with van der Waals surface area (Å²) in [4.78, 5) is 12.6. The van der Waals surface area contributed by atoms with Crippen molar-refractivity contribution in [2.24, 2.45) is 0 Å². The number of ether oxygens (including phenoxy) is 3. The fourth-order valence-electron chi connectivity index (χ4n) is 2.56. The van der Waals surface area contributed by atoms with E-state index in [0.717, 1.165) is 0 Å². The van der Waals surface area contributed by atoms with E-state index < -0.39 is 11.2 Å². The van der Waals surface area contributed by atoms with Crippen LogP contribution in [0, 0.1) is 0 Å². The van der Waals surface area contributed by atoms with Crippen LogP contribution in [0.2, 0.25) is 0 Å². The lowest BCUT2D eigenvalue weighted by Gasteiger charge is -2.11. The van der Waals surface area contributed by atoms with Gasteiger partial charge in [0.1, 0.15) is 22.5 Å². The molecule has 0 saturated carbocycles. The van der Waals surface area contributed by atoms with Crippen molar-refractivity contribution in [1.29, 1.82) is 0 Å². The topological polar surface area (TPSA) is 98.4 Å². The lowest BCUT2D eigenvalue weighted by molar-refractivity contribution is 0.373. The van der Waals surface area contributed by atoms with Crippen LogP contribution in [0.1, 0.15) is 0 Å². The number of phenols is 1. The number of rotatable bonds is 4. The van der Waals surface area contributed by atoms with Crippen LogP contribution in [0.15, 0.2) is 39.5 Å². The van der Waals surface area contributed by atoms with Crippen LogP contribution in [-0.4, -0.2) is 31.5 Å². The van der Waals surface area contributed by atoms with Crippen molar-refractivity contribution < 1.29 is 28.8 Å². The van der Waals surface area contributed by atoms with Crippen molar-refractivity contribution in [1.82, 2.24) is 0 Å². The van der Waals surface area contributed by atoms with Crippen LogP contribution in [-0.2, 0) is 0 Å². The van der Waals surface area contributed by atoms with E-state index in [4.69, 9.17) is 18.6 Å². The van der Waals surface area contributed by atoms with Gasteiger partial charge >= 0.3 is 0 Å². The van der Waals surface area contributed by atoms with Crippen molar-refractivity contribution in [2.75, 3.05) is 21.3 Å². The molecule has 1 heterocycles. The average molecular weight is 344 g/mol. The molecule has 0 atom stereocenters. The molecule has 2 N–H and O–H groups in total. The molecule has 7 heteroatoms. The van der Waals surface area contributed by atoms with Crippen LogP contribution in [0.5, 0.6) is 28.7 Å². The van der Waals surface area contributed by atoms with Gasteiger partial charge in [0.2, 0.25) is 11.2 Å². The molecule has 0 fully saturated rings. The molecule has 3 aromatic rings. The first kappa shape index (κ1) is 16.5. The van der Waals surface area contributed by atoms with Crippen LogP contribution >= 0.6 is 0 Å². The quantitative estimate of drug-likeness (QED) is 0.751. The van der Waals surface area contributed by atoms with Crippen LogP contribution in [0.25, 0.3) is 22.3 Å². The van der Waals surface area contributed by atoms with E-state index in [1.54, 1.807) is 6.07 Å². The summed E-state index contributed by atoms with van der Waals surface area (Å²) in [6.07, 6.45) is 0. The van der Waals surface area contributed by atoms with Gasteiger partial charge in [-0.1, -0.05) is 0 Å². The van der Waals surface area contributed by atoms with Crippen molar-refractivity contribution in [3.05, 3.63) is 40.6 Å². The standard InChI is InChI=1S/C18H16O7/c1-22-10-7-13(24-3)15-14(8-10)25-18(17(21)16(15)20)9-4-5-12(23-2)11(19)6-9/h4-8,19,21H,1-3H3. The second-order valence-corrected chi connectivity index (χ2v) is 5.20. The first-order chi connectivity index (χ1) is 12.0. The van der Waals surface area contributed by atoms with E-state index in [9.17, 15) is 15.0 Å². The maximum Gasteiger partial charge on any atom is 0.238 e. The number of phenolic OH excluding ortho intramolecular Hbond substituents is 1. The zero-order valence-corrected chi connectivity index (χ0v) is 13.8. The van der Waals surface area contributed by atoms with Gasteiger partial charge < -0.3 is 28.8 Å². The van der Waals surface area contributed by atoms with Crippen molar-refractivity contribution in [3.63, 3.8) is 0 Å². The molecule has 2 aromatic carbocycles. The Kier molecular flexibility index (Phi) is 4.14. The van der Waals surface area contributed by atoms with Gasteiger partial charge in [0.15, 0.2) is 17.3 Å². The molecule has 0 unspecified atom stereocenters. The fraction of sp³-hybridized carbons (Fsp3) is 0.167. The molecule has 0 aliphatic heterocycles. The van der Waals surface area contributed by atoms with E-state index in [0.29, 0.717) is 11.3 Å². The number of benzene rings is 2. The Labute approximate surface area is 142 Å². The number of fused-ring (bicyclic) bond motifs is 1. The molecule has 0 saturated heterocycles. The Morgan fingerprint density at radius 3 is 2.24 bits per heavy atom. The van der Waals surface area contributed by atoms with Gasteiger partial charge in [-0.2, -0.15) is 0 Å². The Balaban J connectivity index is 2.32. The smallest absolute Gasteiger partial charge is 0.238 e. The summed E-state index contributed by atoms with van der Waals surface area (Å²) in [6, 6.07) is 7.43. The summed E-state index contributed by atoms with van der Waals surface area (Å²) in [6.45, 7) is 0. The normalized spacial score (nSPS) is 10.7. The maximum atomic E-state index is 12.6. The highest BCUT2D eigenvalue weighted by Gasteiger charge is 2.20. The van der Waals surface area contributed by atoms with E-state index >= 15 is 0 Å². The Hall–Kier alpha value is -3.35. The summed E-state index contributed by atoms with van der Waals surface area (Å²) >= 11 is 0. The minimum atomic E-state index is -0.647. The number of aromatic hydroxyl groups is 2. The third-order valence-corrected chi connectivity index (χ3v) is 3.81. The first-order valence-electron chi connectivity index (χ1n) is 7.29. The minimum absolute atomic E-state index is 0.0780. The lowest BCUT2D eigenvalue weighted by atomic mass is 10.1. The second-order valence-electron chi connectivity index (χ2n) is 5.20. The summed E-state index contributed by atoms with van der Waals surface area (Å²) in [5.41, 5.74) is -0.146. The third-order valence-electron chi connectivity index (χ3n) is 3.81. The van der Waals surface area contributed by atoms with E-state index in [1.165, 1.54) is 45.6 Å². The number of methoxy groups -OCH3 is 3. The van der Waals surface area contributed by atoms with E-state index in [1.807, 2.05) is 0 Å². The summed E-state index contributed by atoms with van der Waals surface area (Å²) in [7, 11) is 4.29. The van der Waals surface area contributed by atoms with Gasteiger partial charge in [-0.15, -0.1) is 0 Å². The molecule has 3 rings (SSSR count). The molecule has 130 valence electrons. The third kappa shape index (κ3) is 2.69. The Bertz CT molecular complexity index is 1000. The van der Waals surface area contributed by atoms with Crippen LogP contribution in [0.4, 0.5) is 0 Å². The molecule has 0 spiro atoms. The second kappa shape index (κ2) is 6.27. The van der Waals surface area contributed by atoms with Gasteiger partial charge in [0, 0.05) is 17.7 Å². The molecule has 0 aliphatic carbocycles. The van der Waals surface area contributed by atoms with Gasteiger partial charge in [0.25, 0.3) is 0 Å². The van der Waals surface area contributed by atoms with E-state index in [-0.39, 0.29) is 34.0 Å². The van der Waals surface area contributed by atoms with E-state index in [2.05, 4.69) is 0 Å². The number of hydrogen-bond donors (Lipinski definition) is 2. The molecule has 7 nitrogen and oxygen atoms in total. The summed E-state index contributed by atoms with van der Waals surface area (Å²) in [5, 5.41) is 20.3. The fourth-order valence-corrected chi connectivity index (χ4v) is 2.56. The van der Waals surface area contributed by atoms with Crippen molar-refractivity contribution in [3.8, 4) is 40.1 Å². The maximum absolute atomic E-state index is 12.6. The predicted octanol–water partition coefficient (Wildman–Crippen LogP) is 2.90. The largest absolute Gasteiger partial charge is 0.504 e. The van der Waals surface area contributed by atoms with Gasteiger partial charge in [-0.25, -0.2) is 0 Å². The zero-order chi connectivity index (χ0) is 18.1. The van der Waals surface area contributed by atoms with Crippen molar-refractivity contribution in [2.45, 2.75) is 0 Å². The van der Waals surface area contributed by atoms with Crippen LogP contribution < -0.4 is 19.6 Å². The molecule has 0 aliphatic rings. The highest BCUT2D eigenvalue weighted by molar-refractivity contribution is 5.88. The highest BCUT2D eigenvalue weighted by atomic mass is 16.5. The molecule has 1 aromatic heterocycles. The Morgan fingerprint density at radius 1 is 0.920 bits per heavy atom. The minimum Gasteiger partial charge on any atom is -0.504 e. The van der Waals surface area contributed by atoms with Crippen molar-refractivity contribution >= 4 is 11.0 Å². The Morgan fingerprint density at radius 2 is 1.64 bits per heavy atom. The SMILES string of the molecule is COc1cc(OC)c2c(=O)c(O)c(-c3ccc(OC)c(O)c3)oc2c1. The highest BCUT2D eigenvalue weighted by Crippen LogP contribution is 2.38. The molecule has 0 amide bonds. The van der Waals surface area contributed by atoms with Crippen LogP contribution in [0.3, 0.4) is 0 Å². The van der Waals surface area contributed by atoms with Gasteiger partial charge in [-0.05, 0) is 18.2 Å². The summed E-state index contributed by atoms with van der Waals surface area (Å²) < 4.78 is 21.1. The molecule has 0 radical (unpaired) electrons. The van der Waals surface area contributed by atoms with Gasteiger partial charge in [-0.3, -0.25) is 4.79 Å². The molecular formula is C18H16O7. The zero-order valence-electron chi connectivity index (χ0n) is 13.8.